The normalized spacial score (nSPS) is 10.6. The molecule has 0 aliphatic heterocycles. The smallest absolute Gasteiger partial charge is 0.228 e. The molecule has 0 saturated carbocycles. The lowest BCUT2D eigenvalue weighted by Crippen LogP contribution is -2.25. The van der Waals surface area contributed by atoms with E-state index in [9.17, 15) is 4.79 Å². The van der Waals surface area contributed by atoms with Gasteiger partial charge in [0.2, 0.25) is 5.91 Å². The highest BCUT2D eigenvalue weighted by Gasteiger charge is 2.21. The highest BCUT2D eigenvalue weighted by atomic mass is 127. The molecule has 0 atom stereocenters. The second-order valence-corrected chi connectivity index (χ2v) is 7.78. The van der Waals surface area contributed by atoms with Gasteiger partial charge in [-0.3, -0.25) is 9.69 Å². The molecule has 0 aromatic heterocycles. The van der Waals surface area contributed by atoms with Crippen LogP contribution in [0.25, 0.3) is 0 Å². The molecule has 0 aliphatic rings. The Kier molecular flexibility index (Phi) is 5.77. The van der Waals surface area contributed by atoms with Gasteiger partial charge in [0.05, 0.1) is 11.4 Å². The molecule has 0 saturated heterocycles. The van der Waals surface area contributed by atoms with Crippen LogP contribution >= 0.6 is 22.6 Å². The van der Waals surface area contributed by atoms with Gasteiger partial charge in [0.1, 0.15) is 0 Å². The van der Waals surface area contributed by atoms with Crippen LogP contribution in [-0.2, 0) is 11.2 Å². The second kappa shape index (κ2) is 8.04. The fourth-order valence-corrected chi connectivity index (χ4v) is 4.33. The van der Waals surface area contributed by atoms with E-state index in [1.54, 1.807) is 6.92 Å². The number of carbonyl (C=O) groups is 1. The molecule has 2 nitrogen and oxygen atoms in total. The largest absolute Gasteiger partial charge is 0.280 e. The Hall–Kier alpha value is -2.14. The molecule has 0 bridgehead atoms. The van der Waals surface area contributed by atoms with E-state index in [1.165, 1.54) is 9.13 Å². The number of halogens is 1. The summed E-state index contributed by atoms with van der Waals surface area (Å²) in [7, 11) is 0. The molecule has 3 heteroatoms. The lowest BCUT2D eigenvalue weighted by atomic mass is 10.0. The Balaban J connectivity index is 2.12. The minimum Gasteiger partial charge on any atom is -0.280 e. The van der Waals surface area contributed by atoms with Crippen molar-refractivity contribution >= 4 is 39.9 Å². The average molecular weight is 455 g/mol. The van der Waals surface area contributed by atoms with Crippen LogP contribution in [0.3, 0.4) is 0 Å². The number of hydrogen-bond donors (Lipinski definition) is 0. The number of aryl methyl sites for hydroxylation is 2. The highest BCUT2D eigenvalue weighted by molar-refractivity contribution is 14.1. The maximum absolute atomic E-state index is 12.7. The molecule has 3 aromatic carbocycles. The van der Waals surface area contributed by atoms with E-state index >= 15 is 0 Å². The van der Waals surface area contributed by atoms with Gasteiger partial charge in [-0.1, -0.05) is 48.5 Å². The molecule has 0 N–H and O–H groups in total. The van der Waals surface area contributed by atoms with Gasteiger partial charge in [0.25, 0.3) is 0 Å². The number of anilines is 2. The summed E-state index contributed by atoms with van der Waals surface area (Å²) in [5.74, 6) is 0.0259. The summed E-state index contributed by atoms with van der Waals surface area (Å²) >= 11 is 2.32. The third kappa shape index (κ3) is 3.98. The van der Waals surface area contributed by atoms with Crippen molar-refractivity contribution in [3.05, 3.63) is 92.6 Å². The molecule has 0 heterocycles. The summed E-state index contributed by atoms with van der Waals surface area (Å²) < 4.78 is 1.18. The molecule has 0 unspecified atom stereocenters. The first-order chi connectivity index (χ1) is 12.5. The van der Waals surface area contributed by atoms with Crippen LogP contribution in [0.2, 0.25) is 0 Å². The van der Waals surface area contributed by atoms with Crippen LogP contribution in [0.4, 0.5) is 11.4 Å². The predicted octanol–water partition coefficient (Wildman–Crippen LogP) is 6.18. The molecule has 0 aliphatic carbocycles. The molecule has 1 amide bonds. The zero-order valence-electron chi connectivity index (χ0n) is 15.3. The molecule has 0 fully saturated rings. The van der Waals surface area contributed by atoms with Crippen molar-refractivity contribution in [3.8, 4) is 0 Å². The lowest BCUT2D eigenvalue weighted by Gasteiger charge is -2.27. The Labute approximate surface area is 169 Å². The summed E-state index contributed by atoms with van der Waals surface area (Å²) in [6.07, 6.45) is 0.795. The maximum Gasteiger partial charge on any atom is 0.228 e. The number of rotatable bonds is 4. The lowest BCUT2D eigenvalue weighted by molar-refractivity contribution is -0.115. The SMILES string of the molecule is CC(=O)N(c1ccccc1Cc1ccccc1)c1c(C)cc(I)cc1C. The van der Waals surface area contributed by atoms with Gasteiger partial charge < -0.3 is 0 Å². The average Bonchev–Trinajstić information content (AvgIpc) is 2.59. The summed E-state index contributed by atoms with van der Waals surface area (Å²) in [6, 6.07) is 22.8. The number of nitrogens with zero attached hydrogens (tertiary/aromatic N) is 1. The van der Waals surface area contributed by atoms with Crippen LogP contribution < -0.4 is 4.90 Å². The highest BCUT2D eigenvalue weighted by Crippen LogP contribution is 2.35. The molecule has 26 heavy (non-hydrogen) atoms. The second-order valence-electron chi connectivity index (χ2n) is 6.53. The third-order valence-electron chi connectivity index (χ3n) is 4.46. The van der Waals surface area contributed by atoms with Gasteiger partial charge >= 0.3 is 0 Å². The molecule has 132 valence electrons. The number of amides is 1. The van der Waals surface area contributed by atoms with Gasteiger partial charge in [-0.2, -0.15) is 0 Å². The van der Waals surface area contributed by atoms with Crippen LogP contribution in [0.1, 0.15) is 29.2 Å². The zero-order chi connectivity index (χ0) is 18.7. The topological polar surface area (TPSA) is 20.3 Å². The standard InChI is InChI=1S/C23H22INO/c1-16-13-21(24)14-17(2)23(16)25(18(3)26)22-12-8-7-11-20(22)15-19-9-5-4-6-10-19/h4-14H,15H2,1-3H3. The van der Waals surface area contributed by atoms with Crippen molar-refractivity contribution in [1.29, 1.82) is 0 Å². The van der Waals surface area contributed by atoms with Gasteiger partial charge in [0, 0.05) is 10.5 Å². The number of benzene rings is 3. The maximum atomic E-state index is 12.7. The van der Waals surface area contributed by atoms with Crippen molar-refractivity contribution < 1.29 is 4.79 Å². The fraction of sp³-hybridized carbons (Fsp3) is 0.174. The van der Waals surface area contributed by atoms with Crippen molar-refractivity contribution in [1.82, 2.24) is 0 Å². The minimum atomic E-state index is 0.0259. The molecular weight excluding hydrogens is 433 g/mol. The summed E-state index contributed by atoms with van der Waals surface area (Å²) in [4.78, 5) is 14.5. The molecule has 0 radical (unpaired) electrons. The predicted molar refractivity (Wildman–Crippen MR) is 117 cm³/mol. The van der Waals surface area contributed by atoms with E-state index in [0.29, 0.717) is 0 Å². The first-order valence-electron chi connectivity index (χ1n) is 8.66. The Morgan fingerprint density at radius 2 is 1.50 bits per heavy atom. The van der Waals surface area contributed by atoms with Crippen molar-refractivity contribution in [3.63, 3.8) is 0 Å². The van der Waals surface area contributed by atoms with Crippen molar-refractivity contribution in [2.45, 2.75) is 27.2 Å². The minimum absolute atomic E-state index is 0.0259. The number of carbonyl (C=O) groups excluding carboxylic acids is 1. The van der Waals surface area contributed by atoms with E-state index in [0.717, 1.165) is 34.5 Å². The van der Waals surface area contributed by atoms with Crippen molar-refractivity contribution in [2.75, 3.05) is 4.90 Å². The van der Waals surface area contributed by atoms with E-state index in [1.807, 2.05) is 41.3 Å². The zero-order valence-corrected chi connectivity index (χ0v) is 17.4. The number of hydrogen-bond acceptors (Lipinski definition) is 1. The van der Waals surface area contributed by atoms with E-state index in [4.69, 9.17) is 0 Å². The van der Waals surface area contributed by atoms with Gasteiger partial charge in [-0.05, 0) is 83.3 Å². The van der Waals surface area contributed by atoms with Gasteiger partial charge in [0.15, 0.2) is 0 Å². The van der Waals surface area contributed by atoms with E-state index in [-0.39, 0.29) is 5.91 Å². The van der Waals surface area contributed by atoms with Crippen LogP contribution in [0, 0.1) is 17.4 Å². The van der Waals surface area contributed by atoms with Crippen molar-refractivity contribution in [2.24, 2.45) is 0 Å². The Morgan fingerprint density at radius 3 is 2.12 bits per heavy atom. The first-order valence-corrected chi connectivity index (χ1v) is 9.74. The van der Waals surface area contributed by atoms with E-state index < -0.39 is 0 Å². The molecule has 3 rings (SSSR count). The number of para-hydroxylation sites is 1. The Bertz CT molecular complexity index is 911. The first kappa shape index (κ1) is 18.6. The van der Waals surface area contributed by atoms with E-state index in [2.05, 4.69) is 66.8 Å². The summed E-state index contributed by atoms with van der Waals surface area (Å²) in [5, 5.41) is 0. The Morgan fingerprint density at radius 1 is 0.923 bits per heavy atom. The quantitative estimate of drug-likeness (QED) is 0.430. The van der Waals surface area contributed by atoms with Gasteiger partial charge in [-0.25, -0.2) is 0 Å². The third-order valence-corrected chi connectivity index (χ3v) is 5.09. The monoisotopic (exact) mass is 455 g/mol. The van der Waals surface area contributed by atoms with Gasteiger partial charge in [-0.15, -0.1) is 0 Å². The molecule has 3 aromatic rings. The summed E-state index contributed by atoms with van der Waals surface area (Å²) in [6.45, 7) is 5.77. The van der Waals surface area contributed by atoms with Crippen LogP contribution in [-0.4, -0.2) is 5.91 Å². The molecule has 0 spiro atoms. The molecular formula is C23H22INO. The van der Waals surface area contributed by atoms with Crippen LogP contribution in [0.15, 0.2) is 66.7 Å². The van der Waals surface area contributed by atoms with Crippen LogP contribution in [0.5, 0.6) is 0 Å². The fourth-order valence-electron chi connectivity index (χ4n) is 3.40. The summed E-state index contributed by atoms with van der Waals surface area (Å²) in [5.41, 5.74) is 6.54.